The van der Waals surface area contributed by atoms with Crippen molar-refractivity contribution in [3.8, 4) is 6.07 Å². The Hall–Kier alpha value is -1.67. The molecule has 0 atom stereocenters. The maximum atomic E-state index is 11.9. The zero-order valence-electron chi connectivity index (χ0n) is 8.44. The van der Waals surface area contributed by atoms with E-state index in [4.69, 9.17) is 5.26 Å². The number of aryl methyl sites for hydroxylation is 2. The fourth-order valence-corrected chi connectivity index (χ4v) is 2.41. The first kappa shape index (κ1) is 9.87. The van der Waals surface area contributed by atoms with Gasteiger partial charge in [-0.3, -0.25) is 9.36 Å². The Morgan fingerprint density at radius 3 is 3.00 bits per heavy atom. The largest absolute Gasteiger partial charge is 0.282 e. The molecular formula is C10H9N3OS. The molecule has 0 N–H and O–H groups in total. The normalized spacial score (nSPS) is 10.5. The van der Waals surface area contributed by atoms with Crippen LogP contribution in [0.5, 0.6) is 0 Å². The van der Waals surface area contributed by atoms with Crippen LogP contribution in [0.15, 0.2) is 10.9 Å². The third-order valence-electron chi connectivity index (χ3n) is 2.19. The Morgan fingerprint density at radius 2 is 2.33 bits per heavy atom. The third kappa shape index (κ3) is 1.53. The molecule has 2 heterocycles. The van der Waals surface area contributed by atoms with Crippen LogP contribution in [0.3, 0.4) is 0 Å². The summed E-state index contributed by atoms with van der Waals surface area (Å²) < 4.78 is 1.40. The predicted molar refractivity (Wildman–Crippen MR) is 59.0 cm³/mol. The van der Waals surface area contributed by atoms with Gasteiger partial charge in [0.2, 0.25) is 0 Å². The minimum Gasteiger partial charge on any atom is -0.282 e. The Bertz CT molecular complexity index is 618. The molecule has 0 aliphatic carbocycles. The first-order valence-electron chi connectivity index (χ1n) is 4.48. The maximum Gasteiger partial charge on any atom is 0.263 e. The molecular weight excluding hydrogens is 210 g/mol. The molecule has 0 amide bonds. The minimum absolute atomic E-state index is 0.0580. The van der Waals surface area contributed by atoms with E-state index in [2.05, 4.69) is 4.98 Å². The van der Waals surface area contributed by atoms with Crippen molar-refractivity contribution >= 4 is 21.6 Å². The van der Waals surface area contributed by atoms with Crippen molar-refractivity contribution in [1.82, 2.24) is 9.55 Å². The summed E-state index contributed by atoms with van der Waals surface area (Å²) in [6, 6.07) is 3.79. The monoisotopic (exact) mass is 219 g/mol. The van der Waals surface area contributed by atoms with E-state index >= 15 is 0 Å². The number of nitriles is 1. The van der Waals surface area contributed by atoms with Gasteiger partial charge in [0.15, 0.2) is 0 Å². The molecule has 0 aliphatic rings. The highest BCUT2D eigenvalue weighted by molar-refractivity contribution is 7.18. The third-order valence-corrected chi connectivity index (χ3v) is 3.14. The average molecular weight is 219 g/mol. The first-order valence-corrected chi connectivity index (χ1v) is 5.29. The fourth-order valence-electron chi connectivity index (χ4n) is 1.49. The van der Waals surface area contributed by atoms with Crippen molar-refractivity contribution in [2.75, 3.05) is 0 Å². The summed E-state index contributed by atoms with van der Waals surface area (Å²) in [6.07, 6.45) is 0. The molecule has 0 spiro atoms. The number of thiophene rings is 1. The Kier molecular flexibility index (Phi) is 2.29. The standard InChI is InChI=1S/C10H9N3OS/c1-6-5-8-9(15-6)12-7(2)13(4-3-11)10(8)14/h5H,4H2,1-2H3. The van der Waals surface area contributed by atoms with E-state index in [1.54, 1.807) is 6.92 Å². The van der Waals surface area contributed by atoms with E-state index in [1.165, 1.54) is 15.9 Å². The molecule has 76 valence electrons. The van der Waals surface area contributed by atoms with Crippen LogP contribution in [0.4, 0.5) is 0 Å². The second-order valence-electron chi connectivity index (χ2n) is 3.28. The summed E-state index contributed by atoms with van der Waals surface area (Å²) in [7, 11) is 0. The Morgan fingerprint density at radius 1 is 1.60 bits per heavy atom. The lowest BCUT2D eigenvalue weighted by molar-refractivity contribution is 0.737. The zero-order chi connectivity index (χ0) is 11.0. The molecule has 0 saturated heterocycles. The summed E-state index contributed by atoms with van der Waals surface area (Å²) in [5.74, 6) is 0.593. The van der Waals surface area contributed by atoms with Gasteiger partial charge in [-0.2, -0.15) is 5.26 Å². The van der Waals surface area contributed by atoms with Gasteiger partial charge in [0.25, 0.3) is 5.56 Å². The van der Waals surface area contributed by atoms with Gasteiger partial charge in [0.05, 0.1) is 11.5 Å². The molecule has 0 fully saturated rings. The van der Waals surface area contributed by atoms with Gasteiger partial charge in [-0.05, 0) is 19.9 Å². The van der Waals surface area contributed by atoms with E-state index in [1.807, 2.05) is 19.1 Å². The topological polar surface area (TPSA) is 58.7 Å². The summed E-state index contributed by atoms with van der Waals surface area (Å²) in [5, 5.41) is 9.22. The van der Waals surface area contributed by atoms with Crippen molar-refractivity contribution in [3.05, 3.63) is 27.1 Å². The second-order valence-corrected chi connectivity index (χ2v) is 4.52. The van der Waals surface area contributed by atoms with E-state index in [-0.39, 0.29) is 12.1 Å². The van der Waals surface area contributed by atoms with Crippen LogP contribution in [0.25, 0.3) is 10.2 Å². The van der Waals surface area contributed by atoms with Crippen molar-refractivity contribution in [2.24, 2.45) is 0 Å². The molecule has 2 aromatic rings. The van der Waals surface area contributed by atoms with E-state index in [0.717, 1.165) is 9.71 Å². The first-order chi connectivity index (χ1) is 7.13. The molecule has 5 heteroatoms. The smallest absolute Gasteiger partial charge is 0.263 e. The molecule has 4 nitrogen and oxygen atoms in total. The van der Waals surface area contributed by atoms with Crippen LogP contribution >= 0.6 is 11.3 Å². The number of fused-ring (bicyclic) bond motifs is 1. The lowest BCUT2D eigenvalue weighted by Crippen LogP contribution is -2.22. The summed E-state index contributed by atoms with van der Waals surface area (Å²) >= 11 is 1.50. The Labute approximate surface area is 90.4 Å². The molecule has 2 aromatic heterocycles. The molecule has 0 bridgehead atoms. The van der Waals surface area contributed by atoms with Gasteiger partial charge in [0.1, 0.15) is 17.2 Å². The van der Waals surface area contributed by atoms with E-state index in [9.17, 15) is 4.79 Å². The highest BCUT2D eigenvalue weighted by Crippen LogP contribution is 2.20. The Balaban J connectivity index is 2.84. The number of aromatic nitrogens is 2. The number of nitrogens with zero attached hydrogens (tertiary/aromatic N) is 3. The number of hydrogen-bond donors (Lipinski definition) is 0. The van der Waals surface area contributed by atoms with Gasteiger partial charge in [-0.25, -0.2) is 4.98 Å². The van der Waals surface area contributed by atoms with Gasteiger partial charge in [-0.1, -0.05) is 0 Å². The average Bonchev–Trinajstić information content (AvgIpc) is 2.53. The second kappa shape index (κ2) is 3.48. The maximum absolute atomic E-state index is 11.9. The predicted octanol–water partition coefficient (Wildman–Crippen LogP) is 1.60. The lowest BCUT2D eigenvalue weighted by atomic mass is 10.3. The molecule has 0 radical (unpaired) electrons. The highest BCUT2D eigenvalue weighted by atomic mass is 32.1. The number of hydrogen-bond acceptors (Lipinski definition) is 4. The molecule has 0 aliphatic heterocycles. The van der Waals surface area contributed by atoms with Gasteiger partial charge < -0.3 is 0 Å². The zero-order valence-corrected chi connectivity index (χ0v) is 9.26. The van der Waals surface area contributed by atoms with Crippen LogP contribution in [0.1, 0.15) is 10.7 Å². The quantitative estimate of drug-likeness (QED) is 0.732. The molecule has 15 heavy (non-hydrogen) atoms. The van der Waals surface area contributed by atoms with Crippen LogP contribution in [-0.4, -0.2) is 9.55 Å². The highest BCUT2D eigenvalue weighted by Gasteiger charge is 2.09. The molecule has 0 saturated carbocycles. The van der Waals surface area contributed by atoms with Crippen molar-refractivity contribution in [3.63, 3.8) is 0 Å². The minimum atomic E-state index is -0.122. The van der Waals surface area contributed by atoms with E-state index < -0.39 is 0 Å². The van der Waals surface area contributed by atoms with Gasteiger partial charge >= 0.3 is 0 Å². The van der Waals surface area contributed by atoms with Gasteiger partial charge in [-0.15, -0.1) is 11.3 Å². The van der Waals surface area contributed by atoms with Crippen molar-refractivity contribution in [1.29, 1.82) is 5.26 Å². The van der Waals surface area contributed by atoms with Crippen LogP contribution in [0, 0.1) is 25.2 Å². The summed E-state index contributed by atoms with van der Waals surface area (Å²) in [5.41, 5.74) is -0.122. The van der Waals surface area contributed by atoms with Crippen LogP contribution in [0.2, 0.25) is 0 Å². The molecule has 0 unspecified atom stereocenters. The molecule has 2 rings (SSSR count). The van der Waals surface area contributed by atoms with E-state index in [0.29, 0.717) is 11.2 Å². The van der Waals surface area contributed by atoms with Crippen molar-refractivity contribution < 1.29 is 0 Å². The summed E-state index contributed by atoms with van der Waals surface area (Å²) in [4.78, 5) is 18.1. The SMILES string of the molecule is Cc1cc2c(=O)n(CC#N)c(C)nc2s1. The summed E-state index contributed by atoms with van der Waals surface area (Å²) in [6.45, 7) is 3.74. The van der Waals surface area contributed by atoms with Gasteiger partial charge in [0, 0.05) is 4.88 Å². The van der Waals surface area contributed by atoms with Crippen LogP contribution in [-0.2, 0) is 6.54 Å². The lowest BCUT2D eigenvalue weighted by Gasteiger charge is -2.03. The fraction of sp³-hybridized carbons (Fsp3) is 0.300. The van der Waals surface area contributed by atoms with Crippen molar-refractivity contribution in [2.45, 2.75) is 20.4 Å². The number of rotatable bonds is 1. The van der Waals surface area contributed by atoms with Crippen LogP contribution < -0.4 is 5.56 Å². The molecule has 0 aromatic carbocycles.